The first-order valence-electron chi connectivity index (χ1n) is 13.8. The van der Waals surface area contributed by atoms with Crippen LogP contribution in [0.3, 0.4) is 0 Å². The van der Waals surface area contributed by atoms with Crippen molar-refractivity contribution in [1.82, 2.24) is 0 Å². The Morgan fingerprint density at radius 2 is 1.66 bits per heavy atom. The first-order valence-corrected chi connectivity index (χ1v) is 13.8. The standard InChI is InChI=1S/C31H52O/c1-20(2)21(3)10-11-22(4)23-14-18-31(9)25-12-13-26-28(5,6)27(32)16-17-29(26,7)24(25)15-19-30(23,31)8/h15,22-23,25-27,32H,10-14,16-19H2,1-9H3/t22-,23-,25-,26+,27+,29-,30-,31+/m1/s1. The third-order valence-corrected chi connectivity index (χ3v) is 12.4. The summed E-state index contributed by atoms with van der Waals surface area (Å²) in [6, 6.07) is 0. The molecule has 0 bridgehead atoms. The molecule has 0 saturated heterocycles. The summed E-state index contributed by atoms with van der Waals surface area (Å²) in [7, 11) is 0. The van der Waals surface area contributed by atoms with E-state index >= 15 is 0 Å². The molecule has 182 valence electrons. The fourth-order valence-corrected chi connectivity index (χ4v) is 9.57. The van der Waals surface area contributed by atoms with Crippen molar-refractivity contribution in [1.29, 1.82) is 0 Å². The molecule has 0 aliphatic heterocycles. The van der Waals surface area contributed by atoms with Crippen LogP contribution in [0.1, 0.15) is 120 Å². The quantitative estimate of drug-likeness (QED) is 0.433. The van der Waals surface area contributed by atoms with Crippen molar-refractivity contribution in [2.24, 2.45) is 45.3 Å². The molecule has 8 atom stereocenters. The van der Waals surface area contributed by atoms with Crippen LogP contribution in [0.5, 0.6) is 0 Å². The predicted octanol–water partition coefficient (Wildman–Crippen LogP) is 8.73. The maximum Gasteiger partial charge on any atom is 0.0594 e. The summed E-state index contributed by atoms with van der Waals surface area (Å²) in [4.78, 5) is 0. The largest absolute Gasteiger partial charge is 0.393 e. The Morgan fingerprint density at radius 1 is 0.969 bits per heavy atom. The number of allylic oxidation sites excluding steroid dienone is 4. The second-order valence-electron chi connectivity index (χ2n) is 14.1. The molecule has 0 aromatic rings. The summed E-state index contributed by atoms with van der Waals surface area (Å²) in [5.74, 6) is 3.04. The highest BCUT2D eigenvalue weighted by Gasteiger charge is 2.65. The zero-order valence-electron chi connectivity index (χ0n) is 22.8. The minimum Gasteiger partial charge on any atom is -0.393 e. The maximum absolute atomic E-state index is 10.8. The lowest BCUT2D eigenvalue weighted by Gasteiger charge is -2.64. The van der Waals surface area contributed by atoms with E-state index < -0.39 is 0 Å². The van der Waals surface area contributed by atoms with Gasteiger partial charge >= 0.3 is 0 Å². The van der Waals surface area contributed by atoms with E-state index in [1.54, 1.807) is 5.57 Å². The lowest BCUT2D eigenvalue weighted by Crippen LogP contribution is -2.57. The van der Waals surface area contributed by atoms with E-state index in [9.17, 15) is 5.11 Å². The lowest BCUT2D eigenvalue weighted by atomic mass is 9.41. The molecule has 4 rings (SSSR count). The Bertz CT molecular complexity index is 797. The van der Waals surface area contributed by atoms with Gasteiger partial charge in [0.25, 0.3) is 0 Å². The minimum absolute atomic E-state index is 0.0377. The van der Waals surface area contributed by atoms with Gasteiger partial charge in [-0.1, -0.05) is 64.3 Å². The van der Waals surface area contributed by atoms with Crippen molar-refractivity contribution >= 4 is 0 Å². The number of aliphatic hydroxyl groups is 1. The third kappa shape index (κ3) is 3.34. The van der Waals surface area contributed by atoms with Crippen LogP contribution in [0.25, 0.3) is 0 Å². The molecule has 0 spiro atoms. The molecule has 1 nitrogen and oxygen atoms in total. The summed E-state index contributed by atoms with van der Waals surface area (Å²) < 4.78 is 0. The summed E-state index contributed by atoms with van der Waals surface area (Å²) in [6.45, 7) is 22.0. The molecule has 0 aromatic heterocycles. The molecule has 3 fully saturated rings. The van der Waals surface area contributed by atoms with E-state index in [0.717, 1.165) is 24.2 Å². The van der Waals surface area contributed by atoms with Gasteiger partial charge in [0.1, 0.15) is 0 Å². The number of hydrogen-bond acceptors (Lipinski definition) is 1. The van der Waals surface area contributed by atoms with E-state index in [4.69, 9.17) is 0 Å². The van der Waals surface area contributed by atoms with Gasteiger partial charge in [0.2, 0.25) is 0 Å². The van der Waals surface area contributed by atoms with Crippen molar-refractivity contribution in [2.75, 3.05) is 0 Å². The van der Waals surface area contributed by atoms with Crippen LogP contribution in [0, 0.1) is 45.3 Å². The zero-order chi connectivity index (χ0) is 23.7. The monoisotopic (exact) mass is 440 g/mol. The highest BCUT2D eigenvalue weighted by molar-refractivity contribution is 5.32. The zero-order valence-corrected chi connectivity index (χ0v) is 22.8. The van der Waals surface area contributed by atoms with Crippen LogP contribution >= 0.6 is 0 Å². The van der Waals surface area contributed by atoms with Gasteiger partial charge in [-0.3, -0.25) is 0 Å². The lowest BCUT2D eigenvalue weighted by molar-refractivity contribution is -0.118. The average molecular weight is 441 g/mol. The van der Waals surface area contributed by atoms with Gasteiger partial charge in [-0.15, -0.1) is 0 Å². The van der Waals surface area contributed by atoms with Gasteiger partial charge in [0, 0.05) is 0 Å². The number of hydrogen-bond donors (Lipinski definition) is 1. The third-order valence-electron chi connectivity index (χ3n) is 12.4. The van der Waals surface area contributed by atoms with Crippen molar-refractivity contribution in [3.63, 3.8) is 0 Å². The van der Waals surface area contributed by atoms with Crippen LogP contribution < -0.4 is 0 Å². The molecular formula is C31H52O. The topological polar surface area (TPSA) is 20.2 Å². The molecule has 32 heavy (non-hydrogen) atoms. The van der Waals surface area contributed by atoms with Crippen molar-refractivity contribution < 1.29 is 5.11 Å². The fourth-order valence-electron chi connectivity index (χ4n) is 9.57. The molecule has 0 aromatic carbocycles. The van der Waals surface area contributed by atoms with E-state index in [1.165, 1.54) is 56.9 Å². The van der Waals surface area contributed by atoms with Crippen LogP contribution in [0.4, 0.5) is 0 Å². The van der Waals surface area contributed by atoms with Gasteiger partial charge in [-0.25, -0.2) is 0 Å². The van der Waals surface area contributed by atoms with Crippen LogP contribution in [0.2, 0.25) is 0 Å². The Balaban J connectivity index is 1.62. The van der Waals surface area contributed by atoms with Crippen molar-refractivity contribution in [3.8, 4) is 0 Å². The van der Waals surface area contributed by atoms with Gasteiger partial charge in [-0.2, -0.15) is 0 Å². The Morgan fingerprint density at radius 3 is 2.31 bits per heavy atom. The number of rotatable bonds is 4. The van der Waals surface area contributed by atoms with E-state index in [2.05, 4.69) is 68.4 Å². The van der Waals surface area contributed by atoms with Crippen LogP contribution in [-0.2, 0) is 0 Å². The van der Waals surface area contributed by atoms with Crippen molar-refractivity contribution in [3.05, 3.63) is 22.8 Å². The maximum atomic E-state index is 10.8. The van der Waals surface area contributed by atoms with Crippen molar-refractivity contribution in [2.45, 2.75) is 126 Å². The van der Waals surface area contributed by atoms with Crippen LogP contribution in [-0.4, -0.2) is 11.2 Å². The second-order valence-corrected chi connectivity index (χ2v) is 14.1. The molecule has 0 amide bonds. The highest BCUT2D eigenvalue weighted by atomic mass is 16.3. The summed E-state index contributed by atoms with van der Waals surface area (Å²) in [5, 5.41) is 10.8. The highest BCUT2D eigenvalue weighted by Crippen LogP contribution is 2.73. The summed E-state index contributed by atoms with van der Waals surface area (Å²) >= 11 is 0. The average Bonchev–Trinajstić information content (AvgIpc) is 3.00. The fraction of sp³-hybridized carbons (Fsp3) is 0.871. The molecule has 4 aliphatic carbocycles. The molecular weight excluding hydrogens is 388 g/mol. The van der Waals surface area contributed by atoms with E-state index in [0.29, 0.717) is 22.2 Å². The first kappa shape index (κ1) is 24.6. The molecule has 4 aliphatic rings. The second kappa shape index (κ2) is 8.00. The molecule has 3 saturated carbocycles. The smallest absolute Gasteiger partial charge is 0.0594 e. The van der Waals surface area contributed by atoms with Gasteiger partial charge in [-0.05, 0) is 124 Å². The molecule has 1 N–H and O–H groups in total. The van der Waals surface area contributed by atoms with Gasteiger partial charge in [0.15, 0.2) is 0 Å². The minimum atomic E-state index is -0.136. The Labute approximate surface area is 199 Å². The Hall–Kier alpha value is -0.560. The van der Waals surface area contributed by atoms with E-state index in [-0.39, 0.29) is 11.5 Å². The number of aliphatic hydroxyl groups excluding tert-OH is 1. The molecule has 0 heterocycles. The first-order chi connectivity index (χ1) is 14.8. The SMILES string of the molecule is CC(C)=C(C)CC[C@@H](C)[C@H]1CC[C@@]2(C)[C@@H]3CC[C@H]4C(C)(C)[C@@H](O)CC[C@]4(C)C3=CC[C@]12C. The molecule has 0 radical (unpaired) electrons. The number of fused-ring (bicyclic) bond motifs is 5. The normalized spacial score (nSPS) is 45.9. The van der Waals surface area contributed by atoms with E-state index in [1.807, 2.05) is 5.57 Å². The molecule has 1 heteroatoms. The Kier molecular flexibility index (Phi) is 6.14. The summed E-state index contributed by atoms with van der Waals surface area (Å²) in [5.41, 5.74) is 6.12. The van der Waals surface area contributed by atoms with Gasteiger partial charge in [0.05, 0.1) is 6.10 Å². The van der Waals surface area contributed by atoms with Crippen LogP contribution in [0.15, 0.2) is 22.8 Å². The summed E-state index contributed by atoms with van der Waals surface area (Å²) in [6.07, 6.45) is 14.1. The molecule has 0 unspecified atom stereocenters. The van der Waals surface area contributed by atoms with Gasteiger partial charge < -0.3 is 5.11 Å². The predicted molar refractivity (Wildman–Crippen MR) is 137 cm³/mol.